The van der Waals surface area contributed by atoms with Crippen LogP contribution < -0.4 is 4.74 Å². The van der Waals surface area contributed by atoms with E-state index in [2.05, 4.69) is 19.6 Å². The molecule has 9 heteroatoms. The molecule has 0 saturated heterocycles. The number of aromatic nitrogens is 2. The molecule has 112 valence electrons. The summed E-state index contributed by atoms with van der Waals surface area (Å²) >= 11 is 0. The Bertz CT molecular complexity index is 595. The third-order valence-corrected chi connectivity index (χ3v) is 2.32. The van der Waals surface area contributed by atoms with Crippen LogP contribution in [0.15, 0.2) is 28.8 Å². The number of hydrogen-bond acceptors (Lipinski definition) is 6. The third kappa shape index (κ3) is 4.48. The maximum Gasteiger partial charge on any atom is 0.573 e. The Morgan fingerprint density at radius 1 is 1.24 bits per heavy atom. The molecule has 2 aromatic rings. The summed E-state index contributed by atoms with van der Waals surface area (Å²) < 4.78 is 49.2. The van der Waals surface area contributed by atoms with Crippen molar-refractivity contribution in [3.63, 3.8) is 0 Å². The second-order valence-electron chi connectivity index (χ2n) is 3.80. The molecular formula is C12H9F3N2O4. The summed E-state index contributed by atoms with van der Waals surface area (Å²) in [5.41, 5.74) is 0.468. The van der Waals surface area contributed by atoms with Gasteiger partial charge in [0.05, 0.1) is 13.0 Å². The van der Waals surface area contributed by atoms with E-state index in [1.54, 1.807) is 0 Å². The number of halogens is 3. The van der Waals surface area contributed by atoms with Gasteiger partial charge in [0.15, 0.2) is 0 Å². The second-order valence-corrected chi connectivity index (χ2v) is 3.80. The fourth-order valence-electron chi connectivity index (χ4n) is 1.47. The molecule has 0 atom stereocenters. The Labute approximate surface area is 116 Å². The lowest BCUT2D eigenvalue weighted by Gasteiger charge is -2.08. The number of alkyl halides is 3. The van der Waals surface area contributed by atoms with Crippen molar-refractivity contribution in [3.05, 3.63) is 30.2 Å². The molecule has 6 nitrogen and oxygen atoms in total. The molecule has 0 saturated carbocycles. The Morgan fingerprint density at radius 3 is 2.57 bits per heavy atom. The summed E-state index contributed by atoms with van der Waals surface area (Å²) in [7, 11) is 0. The first-order valence-corrected chi connectivity index (χ1v) is 5.72. The lowest BCUT2D eigenvalue weighted by molar-refractivity contribution is -0.274. The standard InChI is InChI=1S/C12H9F3N2O4/c13-12(14,15)20-9-3-1-8(2-4-9)11-16-10(21-17-11)5-6-19-7-18/h1-4,7H,5-6H2. The Balaban J connectivity index is 2.03. The Kier molecular flexibility index (Phi) is 4.41. The van der Waals surface area contributed by atoms with Gasteiger partial charge in [0, 0.05) is 5.56 Å². The lowest BCUT2D eigenvalue weighted by atomic mass is 10.2. The third-order valence-electron chi connectivity index (χ3n) is 2.32. The SMILES string of the molecule is O=COCCc1nc(-c2ccc(OC(F)(F)F)cc2)no1. The Morgan fingerprint density at radius 2 is 1.95 bits per heavy atom. The summed E-state index contributed by atoms with van der Waals surface area (Å²) in [5, 5.41) is 3.68. The molecule has 0 aliphatic heterocycles. The van der Waals surface area contributed by atoms with Gasteiger partial charge in [0.2, 0.25) is 11.7 Å². The van der Waals surface area contributed by atoms with Gasteiger partial charge in [-0.15, -0.1) is 13.2 Å². The number of carbonyl (C=O) groups is 1. The van der Waals surface area contributed by atoms with Crippen molar-refractivity contribution in [2.24, 2.45) is 0 Å². The summed E-state index contributed by atoms with van der Waals surface area (Å²) in [6.45, 7) is 0.403. The fourth-order valence-corrected chi connectivity index (χ4v) is 1.47. The molecular weight excluding hydrogens is 293 g/mol. The van der Waals surface area contributed by atoms with Crippen molar-refractivity contribution < 1.29 is 32.0 Å². The normalized spacial score (nSPS) is 11.2. The zero-order chi connectivity index (χ0) is 15.3. The molecule has 2 rings (SSSR count). The van der Waals surface area contributed by atoms with Crippen LogP contribution in [-0.4, -0.2) is 29.6 Å². The van der Waals surface area contributed by atoms with Crippen molar-refractivity contribution >= 4 is 6.47 Å². The highest BCUT2D eigenvalue weighted by Crippen LogP contribution is 2.25. The van der Waals surface area contributed by atoms with Crippen LogP contribution in [0.4, 0.5) is 13.2 Å². The van der Waals surface area contributed by atoms with Crippen molar-refractivity contribution in [1.82, 2.24) is 10.1 Å². The molecule has 0 aliphatic carbocycles. The van der Waals surface area contributed by atoms with E-state index in [1.807, 2.05) is 0 Å². The van der Waals surface area contributed by atoms with Crippen molar-refractivity contribution in [1.29, 1.82) is 0 Å². The van der Waals surface area contributed by atoms with Gasteiger partial charge in [0.25, 0.3) is 6.47 Å². The van der Waals surface area contributed by atoms with E-state index in [1.165, 1.54) is 12.1 Å². The van der Waals surface area contributed by atoms with Gasteiger partial charge in [0.1, 0.15) is 5.75 Å². The second kappa shape index (κ2) is 6.25. The van der Waals surface area contributed by atoms with E-state index < -0.39 is 6.36 Å². The van der Waals surface area contributed by atoms with E-state index in [9.17, 15) is 18.0 Å². The van der Waals surface area contributed by atoms with E-state index in [-0.39, 0.29) is 30.5 Å². The highest BCUT2D eigenvalue weighted by Gasteiger charge is 2.31. The molecule has 1 aromatic carbocycles. The van der Waals surface area contributed by atoms with Gasteiger partial charge in [-0.3, -0.25) is 4.79 Å². The van der Waals surface area contributed by atoms with E-state index in [4.69, 9.17) is 4.52 Å². The van der Waals surface area contributed by atoms with Crippen LogP contribution in [0.25, 0.3) is 11.4 Å². The molecule has 0 spiro atoms. The minimum Gasteiger partial charge on any atom is -0.467 e. The maximum absolute atomic E-state index is 12.0. The summed E-state index contributed by atoms with van der Waals surface area (Å²) in [5.74, 6) is 0.131. The van der Waals surface area contributed by atoms with Crippen molar-refractivity contribution in [2.45, 2.75) is 12.8 Å². The monoisotopic (exact) mass is 302 g/mol. The molecule has 0 bridgehead atoms. The van der Waals surface area contributed by atoms with Gasteiger partial charge in [-0.25, -0.2) is 0 Å². The average Bonchev–Trinajstić information content (AvgIpc) is 2.87. The number of benzene rings is 1. The van der Waals surface area contributed by atoms with Crippen LogP contribution in [0.1, 0.15) is 5.89 Å². The first kappa shape index (κ1) is 14.8. The van der Waals surface area contributed by atoms with Gasteiger partial charge in [-0.05, 0) is 24.3 Å². The largest absolute Gasteiger partial charge is 0.573 e. The zero-order valence-corrected chi connectivity index (χ0v) is 10.5. The van der Waals surface area contributed by atoms with Crippen LogP contribution in [0.5, 0.6) is 5.75 Å². The van der Waals surface area contributed by atoms with Crippen LogP contribution in [0.3, 0.4) is 0 Å². The first-order chi connectivity index (χ1) is 9.98. The van der Waals surface area contributed by atoms with E-state index in [0.717, 1.165) is 12.1 Å². The summed E-state index contributed by atoms with van der Waals surface area (Å²) in [6.07, 6.45) is -4.49. The number of hydrogen-bond donors (Lipinski definition) is 0. The van der Waals surface area contributed by atoms with Crippen LogP contribution >= 0.6 is 0 Å². The van der Waals surface area contributed by atoms with Gasteiger partial charge in [-0.1, -0.05) is 5.16 Å². The van der Waals surface area contributed by atoms with E-state index in [0.29, 0.717) is 12.0 Å². The fraction of sp³-hybridized carbons (Fsp3) is 0.250. The molecule has 0 aliphatic rings. The van der Waals surface area contributed by atoms with Gasteiger partial charge < -0.3 is 14.0 Å². The lowest BCUT2D eigenvalue weighted by Crippen LogP contribution is -2.16. The first-order valence-electron chi connectivity index (χ1n) is 5.72. The number of carbonyl (C=O) groups excluding carboxylic acids is 1. The molecule has 0 unspecified atom stereocenters. The quantitative estimate of drug-likeness (QED) is 0.602. The number of rotatable bonds is 6. The summed E-state index contributed by atoms with van der Waals surface area (Å²) in [4.78, 5) is 14.0. The minimum atomic E-state index is -4.74. The predicted octanol–water partition coefficient (Wildman–Crippen LogP) is 2.35. The number of ether oxygens (including phenoxy) is 2. The highest BCUT2D eigenvalue weighted by molar-refractivity contribution is 5.55. The van der Waals surface area contributed by atoms with E-state index >= 15 is 0 Å². The summed E-state index contributed by atoms with van der Waals surface area (Å²) in [6, 6.07) is 5.04. The van der Waals surface area contributed by atoms with Crippen molar-refractivity contribution in [3.8, 4) is 17.1 Å². The molecule has 0 fully saturated rings. The molecule has 1 heterocycles. The van der Waals surface area contributed by atoms with Crippen LogP contribution in [0.2, 0.25) is 0 Å². The molecule has 0 radical (unpaired) electrons. The number of nitrogens with zero attached hydrogens (tertiary/aromatic N) is 2. The highest BCUT2D eigenvalue weighted by atomic mass is 19.4. The Hall–Kier alpha value is -2.58. The molecule has 21 heavy (non-hydrogen) atoms. The van der Waals surface area contributed by atoms with Gasteiger partial charge >= 0.3 is 6.36 Å². The molecule has 0 N–H and O–H groups in total. The van der Waals surface area contributed by atoms with Crippen LogP contribution in [-0.2, 0) is 16.0 Å². The smallest absolute Gasteiger partial charge is 0.467 e. The topological polar surface area (TPSA) is 74.5 Å². The molecule has 0 amide bonds. The molecule has 1 aromatic heterocycles. The average molecular weight is 302 g/mol. The van der Waals surface area contributed by atoms with Crippen molar-refractivity contribution in [2.75, 3.05) is 6.61 Å². The van der Waals surface area contributed by atoms with Gasteiger partial charge in [-0.2, -0.15) is 4.98 Å². The minimum absolute atomic E-state index is 0.101. The van der Waals surface area contributed by atoms with Crippen LogP contribution in [0, 0.1) is 0 Å². The zero-order valence-electron chi connectivity index (χ0n) is 10.5. The maximum atomic E-state index is 12.0. The predicted molar refractivity (Wildman–Crippen MR) is 62.1 cm³/mol.